The topological polar surface area (TPSA) is 81.3 Å². The molecule has 160 valence electrons. The summed E-state index contributed by atoms with van der Waals surface area (Å²) in [5, 5.41) is 13.3. The fraction of sp³-hybridized carbons (Fsp3) is 0.238. The van der Waals surface area contributed by atoms with Crippen molar-refractivity contribution in [3.8, 4) is 0 Å². The van der Waals surface area contributed by atoms with Crippen molar-refractivity contribution in [1.82, 2.24) is 19.2 Å². The van der Waals surface area contributed by atoms with E-state index >= 15 is 0 Å². The van der Waals surface area contributed by atoms with Crippen LogP contribution in [0.1, 0.15) is 19.8 Å². The number of amides is 1. The lowest BCUT2D eigenvalue weighted by Crippen LogP contribution is -2.23. The van der Waals surface area contributed by atoms with Crippen LogP contribution < -0.4 is 10.9 Å². The van der Waals surface area contributed by atoms with E-state index in [9.17, 15) is 9.59 Å². The molecule has 1 N–H and O–H groups in total. The Morgan fingerprint density at radius 1 is 1.16 bits per heavy atom. The molecule has 0 atom stereocenters. The number of fused-ring (bicyclic) bond motifs is 3. The number of aryl methyl sites for hydroxylation is 1. The van der Waals surface area contributed by atoms with Gasteiger partial charge in [0.15, 0.2) is 5.16 Å². The van der Waals surface area contributed by atoms with Gasteiger partial charge in [0.1, 0.15) is 0 Å². The van der Waals surface area contributed by atoms with Crippen molar-refractivity contribution >= 4 is 63.2 Å². The van der Waals surface area contributed by atoms with Crippen LogP contribution in [-0.4, -0.2) is 30.8 Å². The van der Waals surface area contributed by atoms with E-state index in [1.54, 1.807) is 28.8 Å². The molecule has 0 aliphatic carbocycles. The Bertz CT molecular complexity index is 1330. The second-order valence-corrected chi connectivity index (χ2v) is 8.69. The molecule has 31 heavy (non-hydrogen) atoms. The minimum Gasteiger partial charge on any atom is -0.324 e. The summed E-state index contributed by atoms with van der Waals surface area (Å²) in [4.78, 5) is 25.4. The van der Waals surface area contributed by atoms with Gasteiger partial charge in [-0.05, 0) is 36.8 Å². The van der Waals surface area contributed by atoms with Crippen LogP contribution in [0.2, 0.25) is 10.0 Å². The van der Waals surface area contributed by atoms with Gasteiger partial charge in [0.25, 0.3) is 5.56 Å². The van der Waals surface area contributed by atoms with Gasteiger partial charge < -0.3 is 5.32 Å². The summed E-state index contributed by atoms with van der Waals surface area (Å²) in [7, 11) is 0. The number of hydrogen-bond acceptors (Lipinski definition) is 5. The molecule has 0 fully saturated rings. The molecule has 2 heterocycles. The molecule has 0 saturated carbocycles. The molecule has 0 bridgehead atoms. The summed E-state index contributed by atoms with van der Waals surface area (Å²) in [6.07, 6.45) is 1.81. The van der Waals surface area contributed by atoms with E-state index < -0.39 is 0 Å². The molecule has 2 aromatic carbocycles. The molecule has 0 aliphatic heterocycles. The van der Waals surface area contributed by atoms with Crippen LogP contribution in [0.25, 0.3) is 16.7 Å². The monoisotopic (exact) mass is 475 g/mol. The molecular formula is C21H19Cl2N5O2S. The van der Waals surface area contributed by atoms with Crippen molar-refractivity contribution < 1.29 is 4.79 Å². The molecule has 1 amide bonds. The Morgan fingerprint density at radius 2 is 1.97 bits per heavy atom. The smallest absolute Gasteiger partial charge is 0.262 e. The molecule has 10 heteroatoms. The average molecular weight is 476 g/mol. The lowest BCUT2D eigenvalue weighted by molar-refractivity contribution is -0.113. The lowest BCUT2D eigenvalue weighted by atomic mass is 10.2. The van der Waals surface area contributed by atoms with E-state index in [-0.39, 0.29) is 17.2 Å². The van der Waals surface area contributed by atoms with Crippen LogP contribution in [0, 0.1) is 0 Å². The van der Waals surface area contributed by atoms with E-state index in [0.717, 1.165) is 12.8 Å². The highest BCUT2D eigenvalue weighted by Gasteiger charge is 2.17. The molecule has 0 radical (unpaired) electrons. The molecular weight excluding hydrogens is 457 g/mol. The first-order chi connectivity index (χ1) is 15.0. The second-order valence-electron chi connectivity index (χ2n) is 6.91. The van der Waals surface area contributed by atoms with Gasteiger partial charge in [-0.25, -0.2) is 0 Å². The first-order valence-corrected chi connectivity index (χ1v) is 11.5. The number of hydrogen-bond donors (Lipinski definition) is 1. The Hall–Kier alpha value is -2.55. The first-order valence-electron chi connectivity index (χ1n) is 9.74. The van der Waals surface area contributed by atoms with Crippen LogP contribution in [-0.2, 0) is 11.3 Å². The largest absolute Gasteiger partial charge is 0.324 e. The molecule has 0 spiro atoms. The number of aromatic nitrogens is 4. The summed E-state index contributed by atoms with van der Waals surface area (Å²) >= 11 is 13.3. The predicted octanol–water partition coefficient (Wildman–Crippen LogP) is 4.88. The molecule has 4 aromatic rings. The van der Waals surface area contributed by atoms with Crippen molar-refractivity contribution in [3.63, 3.8) is 0 Å². The van der Waals surface area contributed by atoms with Crippen molar-refractivity contribution in [2.24, 2.45) is 0 Å². The SMILES string of the molecule is CCCCn1c(=O)c2ccccc2n2c(SCC(=O)Nc3ccc(Cl)cc3Cl)nnc12. The van der Waals surface area contributed by atoms with Crippen LogP contribution >= 0.6 is 35.0 Å². The van der Waals surface area contributed by atoms with Crippen molar-refractivity contribution in [2.75, 3.05) is 11.1 Å². The summed E-state index contributed by atoms with van der Waals surface area (Å²) in [6.45, 7) is 2.63. The highest BCUT2D eigenvalue weighted by Crippen LogP contribution is 2.26. The molecule has 0 unspecified atom stereocenters. The number of nitrogens with zero attached hydrogens (tertiary/aromatic N) is 4. The Morgan fingerprint density at radius 3 is 2.74 bits per heavy atom. The fourth-order valence-corrected chi connectivity index (χ4v) is 4.45. The third-order valence-electron chi connectivity index (χ3n) is 4.75. The standard InChI is InChI=1S/C21H19Cl2N5O2S/c1-2-3-10-27-19(30)14-6-4-5-7-17(14)28-20(27)25-26-21(28)31-12-18(29)24-16-9-8-13(22)11-15(16)23/h4-9,11H,2-3,10,12H2,1H3,(H,24,29). The first kappa shape index (κ1) is 21.7. The van der Waals surface area contributed by atoms with Gasteiger partial charge >= 0.3 is 0 Å². The zero-order valence-electron chi connectivity index (χ0n) is 16.6. The average Bonchev–Trinajstić information content (AvgIpc) is 3.18. The van der Waals surface area contributed by atoms with Gasteiger partial charge in [0.05, 0.1) is 27.4 Å². The van der Waals surface area contributed by atoms with E-state index in [0.29, 0.717) is 44.1 Å². The van der Waals surface area contributed by atoms with Gasteiger partial charge in [-0.3, -0.25) is 18.6 Å². The predicted molar refractivity (Wildman–Crippen MR) is 125 cm³/mol. The Balaban J connectivity index is 1.64. The van der Waals surface area contributed by atoms with E-state index in [2.05, 4.69) is 22.4 Å². The van der Waals surface area contributed by atoms with Gasteiger partial charge in [-0.2, -0.15) is 0 Å². The normalized spacial score (nSPS) is 11.3. The van der Waals surface area contributed by atoms with Crippen LogP contribution in [0.3, 0.4) is 0 Å². The number of anilines is 1. The number of halogens is 2. The number of thioether (sulfide) groups is 1. The molecule has 4 rings (SSSR count). The highest BCUT2D eigenvalue weighted by atomic mass is 35.5. The van der Waals surface area contributed by atoms with Crippen molar-refractivity contribution in [1.29, 1.82) is 0 Å². The third-order valence-corrected chi connectivity index (χ3v) is 6.23. The van der Waals surface area contributed by atoms with Crippen molar-refractivity contribution in [3.05, 3.63) is 62.9 Å². The maximum atomic E-state index is 13.0. The molecule has 0 saturated heterocycles. The van der Waals surface area contributed by atoms with Gasteiger partial charge in [0.2, 0.25) is 11.7 Å². The van der Waals surface area contributed by atoms with Gasteiger partial charge in [0, 0.05) is 11.6 Å². The van der Waals surface area contributed by atoms with Crippen molar-refractivity contribution in [2.45, 2.75) is 31.5 Å². The quantitative estimate of drug-likeness (QED) is 0.385. The molecule has 7 nitrogen and oxygen atoms in total. The zero-order chi connectivity index (χ0) is 22.0. The van der Waals surface area contributed by atoms with Gasteiger partial charge in [-0.1, -0.05) is 60.4 Å². The maximum absolute atomic E-state index is 13.0. The van der Waals surface area contributed by atoms with Crippen LogP contribution in [0.5, 0.6) is 0 Å². The van der Waals surface area contributed by atoms with E-state index in [1.165, 1.54) is 11.8 Å². The number of para-hydroxylation sites is 1. The highest BCUT2D eigenvalue weighted by molar-refractivity contribution is 7.99. The number of carbonyl (C=O) groups is 1. The number of rotatable bonds is 7. The van der Waals surface area contributed by atoms with Crippen LogP contribution in [0.4, 0.5) is 5.69 Å². The molecule has 2 aromatic heterocycles. The number of benzene rings is 2. The number of nitrogens with one attached hydrogen (secondary N) is 1. The second kappa shape index (κ2) is 9.30. The summed E-state index contributed by atoms with van der Waals surface area (Å²) in [5.41, 5.74) is 1.11. The number of unbranched alkanes of at least 4 members (excludes halogenated alkanes) is 1. The maximum Gasteiger partial charge on any atom is 0.262 e. The minimum absolute atomic E-state index is 0.0874. The fourth-order valence-electron chi connectivity index (χ4n) is 3.25. The number of carbonyl (C=O) groups excluding carboxylic acids is 1. The summed E-state index contributed by atoms with van der Waals surface area (Å²) in [6, 6.07) is 12.2. The summed E-state index contributed by atoms with van der Waals surface area (Å²) in [5.74, 6) is 0.331. The van der Waals surface area contributed by atoms with E-state index in [1.807, 2.05) is 22.6 Å². The zero-order valence-corrected chi connectivity index (χ0v) is 19.0. The Kier molecular flexibility index (Phi) is 6.50. The third kappa shape index (κ3) is 4.42. The van der Waals surface area contributed by atoms with Crippen LogP contribution in [0.15, 0.2) is 52.4 Å². The van der Waals surface area contributed by atoms with Gasteiger partial charge in [-0.15, -0.1) is 10.2 Å². The summed E-state index contributed by atoms with van der Waals surface area (Å²) < 4.78 is 3.48. The Labute approximate surface area is 192 Å². The minimum atomic E-state index is -0.241. The molecule has 0 aliphatic rings. The van der Waals surface area contributed by atoms with E-state index in [4.69, 9.17) is 23.2 Å². The lowest BCUT2D eigenvalue weighted by Gasteiger charge is -2.11.